The van der Waals surface area contributed by atoms with Gasteiger partial charge in [-0.15, -0.1) is 0 Å². The van der Waals surface area contributed by atoms with Crippen molar-refractivity contribution in [2.75, 3.05) is 19.6 Å². The van der Waals surface area contributed by atoms with E-state index >= 15 is 0 Å². The summed E-state index contributed by atoms with van der Waals surface area (Å²) >= 11 is 0. The standard InChI is InChI=1S/C19H30N2O2/c1-16(14-18(22)21-12-8-3-4-9-13-21)20-15-19(2,23)17-10-6-5-7-11-17/h5-7,10-11,16,20,23H,3-4,8-9,12-15H2,1-2H3/t16-,19-/m0/s1. The van der Waals surface area contributed by atoms with Gasteiger partial charge in [0.05, 0.1) is 5.60 Å². The molecule has 1 amide bonds. The maximum absolute atomic E-state index is 12.4. The second kappa shape index (κ2) is 8.46. The van der Waals surface area contributed by atoms with Crippen molar-refractivity contribution in [1.29, 1.82) is 0 Å². The van der Waals surface area contributed by atoms with E-state index in [1.54, 1.807) is 6.92 Å². The van der Waals surface area contributed by atoms with E-state index in [9.17, 15) is 9.90 Å². The number of likely N-dealkylation sites (tertiary alicyclic amines) is 1. The van der Waals surface area contributed by atoms with Crippen molar-refractivity contribution in [1.82, 2.24) is 10.2 Å². The first kappa shape index (κ1) is 18.0. The van der Waals surface area contributed by atoms with E-state index in [1.165, 1.54) is 12.8 Å². The van der Waals surface area contributed by atoms with Crippen molar-refractivity contribution >= 4 is 5.91 Å². The Balaban J connectivity index is 1.80. The van der Waals surface area contributed by atoms with Crippen LogP contribution in [0.15, 0.2) is 30.3 Å². The molecule has 0 aromatic heterocycles. The molecule has 0 aliphatic carbocycles. The highest BCUT2D eigenvalue weighted by Crippen LogP contribution is 2.19. The number of hydrogen-bond donors (Lipinski definition) is 2. The summed E-state index contributed by atoms with van der Waals surface area (Å²) in [4.78, 5) is 14.4. The topological polar surface area (TPSA) is 52.6 Å². The zero-order chi connectivity index (χ0) is 16.7. The molecule has 1 saturated heterocycles. The molecule has 2 N–H and O–H groups in total. The van der Waals surface area contributed by atoms with Gasteiger partial charge in [-0.3, -0.25) is 4.79 Å². The van der Waals surface area contributed by atoms with Crippen LogP contribution in [0.5, 0.6) is 0 Å². The van der Waals surface area contributed by atoms with Gasteiger partial charge in [-0.1, -0.05) is 43.2 Å². The molecule has 1 aromatic rings. The summed E-state index contributed by atoms with van der Waals surface area (Å²) < 4.78 is 0. The maximum atomic E-state index is 12.4. The van der Waals surface area contributed by atoms with Gasteiger partial charge in [0.25, 0.3) is 0 Å². The molecule has 0 saturated carbocycles. The third-order valence-electron chi connectivity index (χ3n) is 4.63. The molecule has 1 heterocycles. The number of rotatable bonds is 6. The minimum Gasteiger partial charge on any atom is -0.384 e. The number of carbonyl (C=O) groups excluding carboxylic acids is 1. The van der Waals surface area contributed by atoms with Gasteiger partial charge in [-0.05, 0) is 32.3 Å². The van der Waals surface area contributed by atoms with Crippen LogP contribution in [0.2, 0.25) is 0 Å². The van der Waals surface area contributed by atoms with Crippen LogP contribution >= 0.6 is 0 Å². The van der Waals surface area contributed by atoms with E-state index in [0.717, 1.165) is 31.5 Å². The van der Waals surface area contributed by atoms with Crippen LogP contribution < -0.4 is 5.32 Å². The summed E-state index contributed by atoms with van der Waals surface area (Å²) in [7, 11) is 0. The Morgan fingerprint density at radius 2 is 1.83 bits per heavy atom. The second-order valence-electron chi connectivity index (χ2n) is 6.92. The zero-order valence-corrected chi connectivity index (χ0v) is 14.4. The van der Waals surface area contributed by atoms with Gasteiger partial charge >= 0.3 is 0 Å². The van der Waals surface area contributed by atoms with E-state index < -0.39 is 5.60 Å². The minimum absolute atomic E-state index is 0.0564. The molecule has 0 bridgehead atoms. The molecule has 128 valence electrons. The average Bonchev–Trinajstić information content (AvgIpc) is 2.83. The fourth-order valence-electron chi connectivity index (χ4n) is 3.06. The highest BCUT2D eigenvalue weighted by atomic mass is 16.3. The third-order valence-corrected chi connectivity index (χ3v) is 4.63. The van der Waals surface area contributed by atoms with Crippen molar-refractivity contribution < 1.29 is 9.90 Å². The van der Waals surface area contributed by atoms with Gasteiger partial charge in [-0.2, -0.15) is 0 Å². The number of amides is 1. The van der Waals surface area contributed by atoms with Crippen molar-refractivity contribution in [3.8, 4) is 0 Å². The van der Waals surface area contributed by atoms with Crippen molar-refractivity contribution in [2.24, 2.45) is 0 Å². The number of aliphatic hydroxyl groups is 1. The molecule has 1 aromatic carbocycles. The lowest BCUT2D eigenvalue weighted by Gasteiger charge is -2.27. The molecular weight excluding hydrogens is 288 g/mol. The molecule has 0 unspecified atom stereocenters. The largest absolute Gasteiger partial charge is 0.384 e. The molecule has 4 heteroatoms. The van der Waals surface area contributed by atoms with Gasteiger partial charge in [0.1, 0.15) is 0 Å². The first-order chi connectivity index (χ1) is 11.0. The molecule has 23 heavy (non-hydrogen) atoms. The highest BCUT2D eigenvalue weighted by molar-refractivity contribution is 5.76. The number of nitrogens with one attached hydrogen (secondary N) is 1. The van der Waals surface area contributed by atoms with Gasteiger partial charge in [0.2, 0.25) is 5.91 Å². The van der Waals surface area contributed by atoms with Gasteiger partial charge in [0, 0.05) is 32.1 Å². The van der Waals surface area contributed by atoms with Crippen molar-refractivity contribution in [3.63, 3.8) is 0 Å². The van der Waals surface area contributed by atoms with Crippen LogP contribution in [0.1, 0.15) is 51.5 Å². The highest BCUT2D eigenvalue weighted by Gasteiger charge is 2.24. The lowest BCUT2D eigenvalue weighted by Crippen LogP contribution is -2.42. The van der Waals surface area contributed by atoms with E-state index in [0.29, 0.717) is 13.0 Å². The van der Waals surface area contributed by atoms with Crippen LogP contribution in [-0.4, -0.2) is 41.6 Å². The van der Waals surface area contributed by atoms with E-state index in [1.807, 2.05) is 42.2 Å². The molecule has 0 spiro atoms. The van der Waals surface area contributed by atoms with E-state index in [-0.39, 0.29) is 11.9 Å². The monoisotopic (exact) mass is 318 g/mol. The lowest BCUT2D eigenvalue weighted by molar-refractivity contribution is -0.131. The fraction of sp³-hybridized carbons (Fsp3) is 0.632. The second-order valence-corrected chi connectivity index (χ2v) is 6.92. The predicted octanol–water partition coefficient (Wildman–Crippen LogP) is 2.66. The SMILES string of the molecule is C[C@@H](CC(=O)N1CCCCCC1)NC[C@](C)(O)c1ccccc1. The lowest BCUT2D eigenvalue weighted by atomic mass is 9.95. The Bertz CT molecular complexity index is 479. The summed E-state index contributed by atoms with van der Waals surface area (Å²) in [6, 6.07) is 9.70. The first-order valence-electron chi connectivity index (χ1n) is 8.78. The third kappa shape index (κ3) is 5.63. The molecule has 4 nitrogen and oxygen atoms in total. The number of carbonyl (C=O) groups is 1. The molecule has 1 fully saturated rings. The normalized spacial score (nSPS) is 19.7. The Morgan fingerprint density at radius 1 is 1.22 bits per heavy atom. The first-order valence-corrected chi connectivity index (χ1v) is 8.78. The summed E-state index contributed by atoms with van der Waals surface area (Å²) in [5.41, 5.74) is -0.0419. The average molecular weight is 318 g/mol. The van der Waals surface area contributed by atoms with Crippen molar-refractivity contribution in [3.05, 3.63) is 35.9 Å². The number of hydrogen-bond acceptors (Lipinski definition) is 3. The van der Waals surface area contributed by atoms with E-state index in [4.69, 9.17) is 0 Å². The summed E-state index contributed by atoms with van der Waals surface area (Å²) in [5.74, 6) is 0.228. The Labute approximate surface area is 139 Å². The Morgan fingerprint density at radius 3 is 2.43 bits per heavy atom. The summed E-state index contributed by atoms with van der Waals surface area (Å²) in [5, 5.41) is 13.9. The molecule has 0 radical (unpaired) electrons. The zero-order valence-electron chi connectivity index (χ0n) is 14.4. The maximum Gasteiger partial charge on any atom is 0.224 e. The molecule has 2 atom stereocenters. The van der Waals surface area contributed by atoms with Crippen LogP contribution in [0.25, 0.3) is 0 Å². The van der Waals surface area contributed by atoms with Crippen LogP contribution in [-0.2, 0) is 10.4 Å². The minimum atomic E-state index is -0.929. The smallest absolute Gasteiger partial charge is 0.224 e. The number of nitrogens with zero attached hydrogens (tertiary/aromatic N) is 1. The number of benzene rings is 1. The van der Waals surface area contributed by atoms with Crippen LogP contribution in [0, 0.1) is 0 Å². The Hall–Kier alpha value is -1.39. The van der Waals surface area contributed by atoms with Gasteiger partial charge < -0.3 is 15.3 Å². The summed E-state index contributed by atoms with van der Waals surface area (Å²) in [6.07, 6.45) is 5.20. The molecule has 1 aliphatic heterocycles. The van der Waals surface area contributed by atoms with Gasteiger partial charge in [-0.25, -0.2) is 0 Å². The molecule has 2 rings (SSSR count). The molecular formula is C19H30N2O2. The Kier molecular flexibility index (Phi) is 6.60. The fourth-order valence-corrected chi connectivity index (χ4v) is 3.06. The predicted molar refractivity (Wildman–Crippen MR) is 93.1 cm³/mol. The van der Waals surface area contributed by atoms with Crippen molar-refractivity contribution in [2.45, 2.75) is 57.6 Å². The van der Waals surface area contributed by atoms with Gasteiger partial charge in [0.15, 0.2) is 0 Å². The van der Waals surface area contributed by atoms with Crippen LogP contribution in [0.4, 0.5) is 0 Å². The van der Waals surface area contributed by atoms with E-state index in [2.05, 4.69) is 5.32 Å². The summed E-state index contributed by atoms with van der Waals surface area (Å²) in [6.45, 7) is 6.04. The quantitative estimate of drug-likeness (QED) is 0.848. The molecule has 1 aliphatic rings. The van der Waals surface area contributed by atoms with Crippen LogP contribution in [0.3, 0.4) is 0 Å².